The lowest BCUT2D eigenvalue weighted by molar-refractivity contribution is 0.282. The van der Waals surface area contributed by atoms with Crippen molar-refractivity contribution in [1.82, 2.24) is 30.3 Å². The van der Waals surface area contributed by atoms with Crippen molar-refractivity contribution in [3.05, 3.63) is 11.6 Å². The average Bonchev–Trinajstić information content (AvgIpc) is 2.83. The van der Waals surface area contributed by atoms with Crippen LogP contribution in [0.4, 0.5) is 0 Å². The van der Waals surface area contributed by atoms with Crippen molar-refractivity contribution in [2.24, 2.45) is 12.0 Å². The van der Waals surface area contributed by atoms with Crippen molar-refractivity contribution in [2.75, 3.05) is 32.7 Å². The van der Waals surface area contributed by atoms with Gasteiger partial charge < -0.3 is 20.1 Å². The molecule has 1 aromatic rings. The Labute approximate surface area is 158 Å². The van der Waals surface area contributed by atoms with Crippen LogP contribution in [0.15, 0.2) is 4.99 Å². The predicted octanol–water partition coefficient (Wildman–Crippen LogP) is 2.22. The monoisotopic (exact) mass is 363 g/mol. The van der Waals surface area contributed by atoms with E-state index in [-0.39, 0.29) is 0 Å². The average molecular weight is 364 g/mol. The molecule has 1 aliphatic rings. The molecule has 1 saturated heterocycles. The molecule has 0 radical (unpaired) electrons. The summed E-state index contributed by atoms with van der Waals surface area (Å²) in [7, 11) is 1.99. The largest absolute Gasteiger partial charge is 0.356 e. The molecular formula is C19H37N7. The number of hydrogen-bond acceptors (Lipinski definition) is 4. The molecule has 0 saturated carbocycles. The number of guanidine groups is 1. The Bertz CT molecular complexity index is 530. The molecule has 0 atom stereocenters. The maximum atomic E-state index is 4.70. The van der Waals surface area contributed by atoms with Crippen LogP contribution in [-0.4, -0.2) is 58.3 Å². The van der Waals surface area contributed by atoms with Crippen LogP contribution in [0.2, 0.25) is 0 Å². The second-order valence-corrected chi connectivity index (χ2v) is 7.20. The lowest BCUT2D eigenvalue weighted by Crippen LogP contribution is -2.39. The van der Waals surface area contributed by atoms with Crippen LogP contribution in [0.25, 0.3) is 0 Å². The normalized spacial score (nSPS) is 16.5. The Balaban J connectivity index is 1.77. The summed E-state index contributed by atoms with van der Waals surface area (Å²) < 4.78 is 1.99. The third-order valence-corrected chi connectivity index (χ3v) is 5.03. The Morgan fingerprint density at radius 2 is 1.73 bits per heavy atom. The highest BCUT2D eigenvalue weighted by Crippen LogP contribution is 2.09. The highest BCUT2D eigenvalue weighted by Gasteiger charge is 2.09. The van der Waals surface area contributed by atoms with Crippen LogP contribution in [-0.2, 0) is 13.6 Å². The lowest BCUT2D eigenvalue weighted by Gasteiger charge is -2.20. The van der Waals surface area contributed by atoms with Crippen molar-refractivity contribution in [3.63, 3.8) is 0 Å². The Morgan fingerprint density at radius 3 is 2.35 bits per heavy atom. The van der Waals surface area contributed by atoms with Gasteiger partial charge in [0, 0.05) is 20.1 Å². The Kier molecular flexibility index (Phi) is 9.45. The van der Waals surface area contributed by atoms with E-state index in [2.05, 4.69) is 32.7 Å². The van der Waals surface area contributed by atoms with Crippen LogP contribution >= 0.6 is 0 Å². The topological polar surface area (TPSA) is 70.4 Å². The number of aryl methyl sites for hydroxylation is 1. The van der Waals surface area contributed by atoms with E-state index in [4.69, 9.17) is 4.99 Å². The third kappa shape index (κ3) is 7.32. The second kappa shape index (κ2) is 11.9. The fraction of sp³-hybridized carbons (Fsp3) is 0.842. The van der Waals surface area contributed by atoms with Crippen LogP contribution < -0.4 is 10.6 Å². The molecule has 1 fully saturated rings. The minimum atomic E-state index is 0.547. The van der Waals surface area contributed by atoms with E-state index in [1.807, 2.05) is 18.5 Å². The van der Waals surface area contributed by atoms with Crippen molar-refractivity contribution >= 4 is 5.96 Å². The standard InChI is InChI=1S/C19H37N7/c1-4-5-11-20-19(22-16-18-24-23-17(2)25(18)3)21-12-10-15-26-13-8-6-7-9-14-26/h4-16H2,1-3H3,(H2,20,21,22). The van der Waals surface area contributed by atoms with Crippen molar-refractivity contribution in [1.29, 1.82) is 0 Å². The van der Waals surface area contributed by atoms with Crippen molar-refractivity contribution in [3.8, 4) is 0 Å². The molecule has 148 valence electrons. The van der Waals surface area contributed by atoms with Gasteiger partial charge >= 0.3 is 0 Å². The van der Waals surface area contributed by atoms with Crippen LogP contribution in [0, 0.1) is 6.92 Å². The number of aliphatic imine (C=N–C) groups is 1. The molecule has 0 unspecified atom stereocenters. The molecule has 0 amide bonds. The quantitative estimate of drug-likeness (QED) is 0.400. The highest BCUT2D eigenvalue weighted by molar-refractivity contribution is 5.79. The Hall–Kier alpha value is -1.63. The number of hydrogen-bond donors (Lipinski definition) is 2. The van der Waals surface area contributed by atoms with Gasteiger partial charge in [0.25, 0.3) is 0 Å². The molecule has 2 heterocycles. The first-order valence-electron chi connectivity index (χ1n) is 10.3. The summed E-state index contributed by atoms with van der Waals surface area (Å²) in [4.78, 5) is 7.31. The summed E-state index contributed by atoms with van der Waals surface area (Å²) in [5, 5.41) is 15.2. The van der Waals surface area contributed by atoms with E-state index in [1.165, 1.54) is 51.7 Å². The first kappa shape index (κ1) is 20.7. The SMILES string of the molecule is CCCCNC(=NCc1nnc(C)n1C)NCCCN1CCCCCC1. The summed E-state index contributed by atoms with van der Waals surface area (Å²) in [5.74, 6) is 2.69. The molecule has 0 aliphatic carbocycles. The third-order valence-electron chi connectivity index (χ3n) is 5.03. The van der Waals surface area contributed by atoms with Gasteiger partial charge in [0.05, 0.1) is 0 Å². The number of rotatable bonds is 9. The molecular weight excluding hydrogens is 326 g/mol. The van der Waals surface area contributed by atoms with E-state index in [1.54, 1.807) is 0 Å². The summed E-state index contributed by atoms with van der Waals surface area (Å²) in [6.45, 7) is 10.3. The van der Waals surface area contributed by atoms with Gasteiger partial charge in [0.1, 0.15) is 12.4 Å². The minimum Gasteiger partial charge on any atom is -0.356 e. The molecule has 0 bridgehead atoms. The summed E-state index contributed by atoms with van der Waals surface area (Å²) >= 11 is 0. The summed E-state index contributed by atoms with van der Waals surface area (Å²) in [6.07, 6.45) is 8.99. The first-order chi connectivity index (χ1) is 12.7. The molecule has 2 rings (SSSR count). The van der Waals surface area contributed by atoms with Crippen molar-refractivity contribution < 1.29 is 0 Å². The Morgan fingerprint density at radius 1 is 1.04 bits per heavy atom. The van der Waals surface area contributed by atoms with Gasteiger partial charge in [-0.15, -0.1) is 10.2 Å². The molecule has 2 N–H and O–H groups in total. The van der Waals surface area contributed by atoms with Crippen LogP contribution in [0.3, 0.4) is 0 Å². The summed E-state index contributed by atoms with van der Waals surface area (Å²) in [5.41, 5.74) is 0. The zero-order chi connectivity index (χ0) is 18.6. The van der Waals surface area contributed by atoms with Gasteiger partial charge in [-0.2, -0.15) is 0 Å². The van der Waals surface area contributed by atoms with Gasteiger partial charge in [-0.1, -0.05) is 26.2 Å². The minimum absolute atomic E-state index is 0.547. The number of unbranched alkanes of at least 4 members (excludes halogenated alkanes) is 1. The van der Waals surface area contributed by atoms with E-state index in [0.717, 1.165) is 43.5 Å². The second-order valence-electron chi connectivity index (χ2n) is 7.20. The van der Waals surface area contributed by atoms with E-state index in [0.29, 0.717) is 6.54 Å². The first-order valence-corrected chi connectivity index (χ1v) is 10.3. The molecule has 1 aliphatic heterocycles. The zero-order valence-electron chi connectivity index (χ0n) is 16.9. The number of nitrogens with zero attached hydrogens (tertiary/aromatic N) is 5. The van der Waals surface area contributed by atoms with E-state index >= 15 is 0 Å². The van der Waals surface area contributed by atoms with Gasteiger partial charge in [-0.05, 0) is 52.2 Å². The molecule has 26 heavy (non-hydrogen) atoms. The zero-order valence-corrected chi connectivity index (χ0v) is 16.9. The molecule has 1 aromatic heterocycles. The molecule has 0 aromatic carbocycles. The predicted molar refractivity (Wildman–Crippen MR) is 107 cm³/mol. The highest BCUT2D eigenvalue weighted by atomic mass is 15.3. The van der Waals surface area contributed by atoms with Gasteiger partial charge in [0.2, 0.25) is 0 Å². The molecule has 0 spiro atoms. The molecule has 7 nitrogen and oxygen atoms in total. The maximum absolute atomic E-state index is 4.70. The number of likely N-dealkylation sites (tertiary alicyclic amines) is 1. The van der Waals surface area contributed by atoms with Gasteiger partial charge in [0.15, 0.2) is 11.8 Å². The van der Waals surface area contributed by atoms with Gasteiger partial charge in [-0.3, -0.25) is 0 Å². The lowest BCUT2D eigenvalue weighted by atomic mass is 10.2. The van der Waals surface area contributed by atoms with E-state index < -0.39 is 0 Å². The summed E-state index contributed by atoms with van der Waals surface area (Å²) in [6, 6.07) is 0. The van der Waals surface area contributed by atoms with Crippen LogP contribution in [0.5, 0.6) is 0 Å². The number of nitrogens with one attached hydrogen (secondary N) is 2. The molecule has 7 heteroatoms. The fourth-order valence-corrected chi connectivity index (χ4v) is 3.17. The van der Waals surface area contributed by atoms with Crippen LogP contribution in [0.1, 0.15) is 63.5 Å². The smallest absolute Gasteiger partial charge is 0.191 e. The maximum Gasteiger partial charge on any atom is 0.191 e. The number of aromatic nitrogens is 3. The van der Waals surface area contributed by atoms with E-state index in [9.17, 15) is 0 Å². The van der Waals surface area contributed by atoms with Gasteiger partial charge in [-0.25, -0.2) is 4.99 Å². The fourth-order valence-electron chi connectivity index (χ4n) is 3.17. The van der Waals surface area contributed by atoms with Crippen molar-refractivity contribution in [2.45, 2.75) is 65.3 Å².